The Balaban J connectivity index is 1.41. The van der Waals surface area contributed by atoms with Crippen LogP contribution in [-0.4, -0.2) is 68.5 Å². The molecular weight excluding hydrogens is 556 g/mol. The van der Waals surface area contributed by atoms with Crippen molar-refractivity contribution >= 4 is 38.2 Å². The predicted octanol–water partition coefficient (Wildman–Crippen LogP) is 3.51. The van der Waals surface area contributed by atoms with Gasteiger partial charge in [-0.2, -0.15) is 0 Å². The Morgan fingerprint density at radius 2 is 1.88 bits per heavy atom. The molecule has 0 bridgehead atoms. The molecule has 1 saturated carbocycles. The van der Waals surface area contributed by atoms with Crippen molar-refractivity contribution in [2.45, 2.75) is 36.0 Å². The van der Waals surface area contributed by atoms with E-state index in [0.717, 1.165) is 59.6 Å². The number of pyridine rings is 3. The summed E-state index contributed by atoms with van der Waals surface area (Å²) < 4.78 is 35.0. The minimum Gasteiger partial charge on any atom is -0.476 e. The third kappa shape index (κ3) is 4.80. The second-order valence-corrected chi connectivity index (χ2v) is 12.8. The van der Waals surface area contributed by atoms with Gasteiger partial charge in [-0.25, -0.2) is 13.4 Å². The molecule has 12 heteroatoms. The summed E-state index contributed by atoms with van der Waals surface area (Å²) in [5, 5.41) is 0.900. The molecule has 42 heavy (non-hydrogen) atoms. The molecule has 6 rings (SSSR count). The summed E-state index contributed by atoms with van der Waals surface area (Å²) in [7, 11) is 1.60. The molecule has 11 nitrogen and oxygen atoms in total. The van der Waals surface area contributed by atoms with E-state index in [-0.39, 0.29) is 22.4 Å². The monoisotopic (exact) mass is 588 g/mol. The van der Waals surface area contributed by atoms with E-state index >= 15 is 0 Å². The van der Waals surface area contributed by atoms with Crippen LogP contribution < -0.4 is 19.9 Å². The number of anilines is 2. The number of amides is 1. The first kappa shape index (κ1) is 27.9. The number of aromatic nitrogens is 3. The Bertz CT molecular complexity index is 1870. The number of carbonyl (C=O) groups excluding carboxylic acids is 1. The molecular formula is C30H32N6O5S. The molecule has 0 radical (unpaired) electrons. The molecule has 1 aromatic carbocycles. The summed E-state index contributed by atoms with van der Waals surface area (Å²) in [4.78, 5) is 40.1. The van der Waals surface area contributed by atoms with Crippen LogP contribution in [0.5, 0.6) is 5.88 Å². The molecule has 0 unspecified atom stereocenters. The number of hydrogen-bond donors (Lipinski definition) is 2. The molecule has 1 aliphatic carbocycles. The highest BCUT2D eigenvalue weighted by molar-refractivity contribution is 7.92. The van der Waals surface area contributed by atoms with Crippen LogP contribution in [0.25, 0.3) is 22.0 Å². The molecule has 3 aromatic heterocycles. The van der Waals surface area contributed by atoms with Gasteiger partial charge in [0.05, 0.1) is 34.3 Å². The maximum Gasteiger partial charge on any atom is 0.262 e. The smallest absolute Gasteiger partial charge is 0.262 e. The van der Waals surface area contributed by atoms with Crippen LogP contribution in [0, 0.1) is 0 Å². The molecule has 4 heterocycles. The van der Waals surface area contributed by atoms with Crippen molar-refractivity contribution in [1.29, 1.82) is 0 Å². The van der Waals surface area contributed by atoms with Crippen LogP contribution in [0.15, 0.2) is 64.7 Å². The van der Waals surface area contributed by atoms with Gasteiger partial charge in [-0.1, -0.05) is 12.5 Å². The van der Waals surface area contributed by atoms with Gasteiger partial charge in [0.15, 0.2) is 0 Å². The zero-order chi connectivity index (χ0) is 29.6. The quantitative estimate of drug-likeness (QED) is 0.284. The van der Waals surface area contributed by atoms with E-state index in [1.54, 1.807) is 30.4 Å². The van der Waals surface area contributed by atoms with Crippen molar-refractivity contribution < 1.29 is 17.9 Å². The molecule has 218 valence electrons. The fourth-order valence-corrected chi connectivity index (χ4v) is 6.86. The standard InChI is InChI=1S/C30H32N6O5S/c1-35(2)12-5-13-41-28-24(34-42(39,40)21-8-11-31-26(37)16-21)15-20(17-33-28)19-6-7-23-22(14-19)27-25(18-32-23)36(3)29(38)30(27)9-4-10-30/h6-8,11,14-18,34H,4-5,9-10,12-13H2,1-3H3,(H,31,37). The van der Waals surface area contributed by atoms with Crippen LogP contribution in [-0.2, 0) is 20.2 Å². The number of carbonyl (C=O) groups is 1. The Morgan fingerprint density at radius 3 is 2.60 bits per heavy atom. The highest BCUT2D eigenvalue weighted by atomic mass is 32.2. The maximum atomic E-state index is 13.2. The molecule has 0 atom stereocenters. The third-order valence-electron chi connectivity index (χ3n) is 8.08. The van der Waals surface area contributed by atoms with Crippen molar-refractivity contribution in [3.8, 4) is 17.0 Å². The summed E-state index contributed by atoms with van der Waals surface area (Å²) >= 11 is 0. The number of fused-ring (bicyclic) bond motifs is 4. The fourth-order valence-electron chi connectivity index (χ4n) is 5.79. The molecule has 4 aromatic rings. The number of benzene rings is 1. The maximum absolute atomic E-state index is 13.2. The number of ether oxygens (including phenoxy) is 1. The van der Waals surface area contributed by atoms with E-state index in [2.05, 4.69) is 19.7 Å². The summed E-state index contributed by atoms with van der Waals surface area (Å²) in [5.41, 5.74) is 3.18. The van der Waals surface area contributed by atoms with Crippen LogP contribution in [0.4, 0.5) is 11.4 Å². The molecule has 0 saturated heterocycles. The highest BCUT2D eigenvalue weighted by Crippen LogP contribution is 2.55. The zero-order valence-electron chi connectivity index (χ0n) is 23.7. The zero-order valence-corrected chi connectivity index (χ0v) is 24.5. The second kappa shape index (κ2) is 10.5. The van der Waals surface area contributed by atoms with E-state index < -0.39 is 21.0 Å². The molecule has 1 spiro atoms. The lowest BCUT2D eigenvalue weighted by atomic mass is 9.64. The van der Waals surface area contributed by atoms with Gasteiger partial charge in [0.25, 0.3) is 10.0 Å². The van der Waals surface area contributed by atoms with Crippen LogP contribution in [0.3, 0.4) is 0 Å². The highest BCUT2D eigenvalue weighted by Gasteiger charge is 2.54. The van der Waals surface area contributed by atoms with Gasteiger partial charge < -0.3 is 19.5 Å². The number of rotatable bonds is 9. The van der Waals surface area contributed by atoms with Crippen LogP contribution in [0.2, 0.25) is 0 Å². The summed E-state index contributed by atoms with van der Waals surface area (Å²) in [6.45, 7) is 1.13. The Labute approximate surface area is 243 Å². The summed E-state index contributed by atoms with van der Waals surface area (Å²) in [6, 6.07) is 9.81. The van der Waals surface area contributed by atoms with Gasteiger partial charge >= 0.3 is 0 Å². The Kier molecular flexibility index (Phi) is 6.98. The largest absolute Gasteiger partial charge is 0.476 e. The average molecular weight is 589 g/mol. The second-order valence-electron chi connectivity index (χ2n) is 11.1. The van der Waals surface area contributed by atoms with Gasteiger partial charge in [-0.05, 0) is 63.2 Å². The number of hydrogen-bond acceptors (Lipinski definition) is 8. The SMILES string of the molecule is CN(C)CCCOc1ncc(-c2ccc3ncc4c(c3c2)C2(CCC2)C(=O)N4C)cc1NS(=O)(=O)c1cc[nH]c(=O)c1. The lowest BCUT2D eigenvalue weighted by molar-refractivity contribution is -0.125. The summed E-state index contributed by atoms with van der Waals surface area (Å²) in [5.74, 6) is 0.243. The summed E-state index contributed by atoms with van der Waals surface area (Å²) in [6.07, 6.45) is 8.02. The number of likely N-dealkylation sites (N-methyl/N-ethyl adjacent to an activating group) is 1. The minimum atomic E-state index is -4.12. The van der Waals surface area contributed by atoms with Crippen molar-refractivity contribution in [3.63, 3.8) is 0 Å². The lowest BCUT2D eigenvalue weighted by Crippen LogP contribution is -2.43. The fraction of sp³-hybridized carbons (Fsp3) is 0.333. The molecule has 2 aliphatic rings. The minimum absolute atomic E-state index is 0.109. The molecule has 1 amide bonds. The van der Waals surface area contributed by atoms with Crippen molar-refractivity contribution in [3.05, 3.63) is 70.9 Å². The predicted molar refractivity (Wildman–Crippen MR) is 160 cm³/mol. The van der Waals surface area contributed by atoms with E-state index in [1.807, 2.05) is 37.2 Å². The number of nitrogens with one attached hydrogen (secondary N) is 2. The molecule has 1 fully saturated rings. The number of aromatic amines is 1. The first-order valence-electron chi connectivity index (χ1n) is 13.8. The van der Waals surface area contributed by atoms with Crippen molar-refractivity contribution in [2.75, 3.05) is 43.9 Å². The van der Waals surface area contributed by atoms with Gasteiger partial charge in [-0.15, -0.1) is 0 Å². The van der Waals surface area contributed by atoms with Gasteiger partial charge in [-0.3, -0.25) is 19.3 Å². The molecule has 2 N–H and O–H groups in total. The van der Waals surface area contributed by atoms with Gasteiger partial charge in [0.1, 0.15) is 5.69 Å². The number of sulfonamides is 1. The number of H-pyrrole nitrogens is 1. The Morgan fingerprint density at radius 1 is 1.07 bits per heavy atom. The first-order chi connectivity index (χ1) is 20.1. The number of nitrogens with zero attached hydrogens (tertiary/aromatic N) is 4. The van der Waals surface area contributed by atoms with E-state index in [9.17, 15) is 18.0 Å². The third-order valence-corrected chi connectivity index (χ3v) is 9.45. The van der Waals surface area contributed by atoms with Crippen LogP contribution >= 0.6 is 0 Å². The average Bonchev–Trinajstić information content (AvgIpc) is 3.18. The lowest BCUT2D eigenvalue weighted by Gasteiger charge is -2.37. The van der Waals surface area contributed by atoms with E-state index in [4.69, 9.17) is 4.74 Å². The first-order valence-corrected chi connectivity index (χ1v) is 15.3. The topological polar surface area (TPSA) is 138 Å². The van der Waals surface area contributed by atoms with Gasteiger partial charge in [0.2, 0.25) is 17.3 Å². The van der Waals surface area contributed by atoms with Gasteiger partial charge in [0, 0.05) is 48.6 Å². The normalized spacial score (nSPS) is 15.7. The Hall–Kier alpha value is -4.29. The van der Waals surface area contributed by atoms with E-state index in [0.29, 0.717) is 18.6 Å². The van der Waals surface area contributed by atoms with Crippen molar-refractivity contribution in [1.82, 2.24) is 19.9 Å². The molecule has 1 aliphatic heterocycles. The van der Waals surface area contributed by atoms with E-state index in [1.165, 1.54) is 12.3 Å². The van der Waals surface area contributed by atoms with Crippen LogP contribution in [0.1, 0.15) is 31.2 Å². The van der Waals surface area contributed by atoms with Crippen molar-refractivity contribution in [2.24, 2.45) is 0 Å².